The van der Waals surface area contributed by atoms with E-state index in [2.05, 4.69) is 41.4 Å². The largest absolute Gasteiger partial charge is 0.309 e. The Morgan fingerprint density at radius 1 is 1.05 bits per heavy atom. The maximum atomic E-state index is 3.93. The summed E-state index contributed by atoms with van der Waals surface area (Å²) < 4.78 is 0. The van der Waals surface area contributed by atoms with Crippen LogP contribution in [-0.2, 0) is 12.8 Å². The fraction of sp³-hybridized carbons (Fsp3) is 0.647. The van der Waals surface area contributed by atoms with Crippen molar-refractivity contribution in [2.75, 3.05) is 6.54 Å². The first-order chi connectivity index (χ1) is 9.29. The quantitative estimate of drug-likeness (QED) is 0.893. The van der Waals surface area contributed by atoms with Gasteiger partial charge < -0.3 is 5.32 Å². The fourth-order valence-electron chi connectivity index (χ4n) is 4.10. The topological polar surface area (TPSA) is 15.3 Å². The summed E-state index contributed by atoms with van der Waals surface area (Å²) in [7, 11) is 0. The third-order valence-electron chi connectivity index (χ3n) is 5.16. The number of rotatable bonds is 3. The highest BCUT2D eigenvalue weighted by molar-refractivity contribution is 5.33. The highest BCUT2D eigenvalue weighted by Gasteiger charge is 2.39. The van der Waals surface area contributed by atoms with Crippen LogP contribution >= 0.6 is 0 Å². The van der Waals surface area contributed by atoms with E-state index < -0.39 is 0 Å². The molecule has 1 N–H and O–H groups in total. The molecule has 1 aromatic rings. The molecule has 102 valence electrons. The number of hydrogen-bond donors (Lipinski definition) is 1. The molecule has 1 heterocycles. The maximum absolute atomic E-state index is 3.93. The standard InChI is InChI=1S/C17H24N2/c1-12-8-16(11-19(12)17-6-7-17)18-15-9-13-4-2-3-5-14(13)10-15/h2-5,12,15-18H,6-11H2,1H3. The molecule has 2 nitrogen and oxygen atoms in total. The normalized spacial score (nSPS) is 31.8. The molecule has 1 saturated carbocycles. The smallest absolute Gasteiger partial charge is 0.0212 e. The van der Waals surface area contributed by atoms with Crippen molar-refractivity contribution in [3.05, 3.63) is 35.4 Å². The van der Waals surface area contributed by atoms with Crippen molar-refractivity contribution in [3.63, 3.8) is 0 Å². The zero-order valence-electron chi connectivity index (χ0n) is 11.8. The molecule has 1 saturated heterocycles. The van der Waals surface area contributed by atoms with Gasteiger partial charge in [-0.1, -0.05) is 24.3 Å². The van der Waals surface area contributed by atoms with Crippen molar-refractivity contribution in [2.45, 2.75) is 63.2 Å². The van der Waals surface area contributed by atoms with Crippen molar-refractivity contribution >= 4 is 0 Å². The molecule has 0 aromatic heterocycles. The zero-order valence-corrected chi connectivity index (χ0v) is 11.8. The molecule has 2 fully saturated rings. The Morgan fingerprint density at radius 2 is 1.74 bits per heavy atom. The van der Waals surface area contributed by atoms with Crippen LogP contribution in [-0.4, -0.2) is 35.6 Å². The van der Waals surface area contributed by atoms with Crippen LogP contribution in [0.1, 0.15) is 37.3 Å². The van der Waals surface area contributed by atoms with Crippen molar-refractivity contribution < 1.29 is 0 Å². The first-order valence-electron chi connectivity index (χ1n) is 7.88. The van der Waals surface area contributed by atoms with Gasteiger partial charge in [0.05, 0.1) is 0 Å². The summed E-state index contributed by atoms with van der Waals surface area (Å²) in [6.07, 6.45) is 6.66. The minimum Gasteiger partial charge on any atom is -0.309 e. The van der Waals surface area contributed by atoms with Crippen molar-refractivity contribution in [2.24, 2.45) is 0 Å². The summed E-state index contributed by atoms with van der Waals surface area (Å²) in [5.74, 6) is 0. The van der Waals surface area contributed by atoms with Gasteiger partial charge in [-0.2, -0.15) is 0 Å². The van der Waals surface area contributed by atoms with Crippen molar-refractivity contribution in [3.8, 4) is 0 Å². The minimum absolute atomic E-state index is 0.675. The van der Waals surface area contributed by atoms with E-state index in [1.807, 2.05) is 0 Å². The van der Waals surface area contributed by atoms with Gasteiger partial charge in [-0.05, 0) is 50.2 Å². The van der Waals surface area contributed by atoms with E-state index in [1.54, 1.807) is 11.1 Å². The first kappa shape index (κ1) is 11.9. The van der Waals surface area contributed by atoms with Gasteiger partial charge in [0.15, 0.2) is 0 Å². The van der Waals surface area contributed by atoms with E-state index in [-0.39, 0.29) is 0 Å². The summed E-state index contributed by atoms with van der Waals surface area (Å²) in [4.78, 5) is 2.74. The first-order valence-corrected chi connectivity index (χ1v) is 7.88. The molecule has 1 aromatic carbocycles. The second-order valence-corrected chi connectivity index (χ2v) is 6.75. The van der Waals surface area contributed by atoms with Crippen LogP contribution in [0.5, 0.6) is 0 Å². The highest BCUT2D eigenvalue weighted by atomic mass is 15.3. The summed E-state index contributed by atoms with van der Waals surface area (Å²) in [6.45, 7) is 3.68. The van der Waals surface area contributed by atoms with E-state index in [0.29, 0.717) is 6.04 Å². The number of nitrogens with one attached hydrogen (secondary N) is 1. The van der Waals surface area contributed by atoms with E-state index in [9.17, 15) is 0 Å². The lowest BCUT2D eigenvalue weighted by Crippen LogP contribution is -2.40. The van der Waals surface area contributed by atoms with E-state index in [0.717, 1.165) is 18.1 Å². The van der Waals surface area contributed by atoms with Crippen LogP contribution in [0.15, 0.2) is 24.3 Å². The number of hydrogen-bond acceptors (Lipinski definition) is 2. The Bertz CT molecular complexity index is 441. The summed E-state index contributed by atoms with van der Waals surface area (Å²) in [5, 5.41) is 3.93. The van der Waals surface area contributed by atoms with E-state index in [1.165, 1.54) is 38.6 Å². The SMILES string of the molecule is CC1CC(NC2Cc3ccccc3C2)CN1C1CC1. The zero-order chi connectivity index (χ0) is 12.8. The number of benzene rings is 1. The van der Waals surface area contributed by atoms with Gasteiger partial charge in [-0.25, -0.2) is 0 Å². The third kappa shape index (κ3) is 2.32. The molecule has 1 aliphatic heterocycles. The van der Waals surface area contributed by atoms with Gasteiger partial charge in [0.25, 0.3) is 0 Å². The Kier molecular flexibility index (Phi) is 2.89. The van der Waals surface area contributed by atoms with Crippen LogP contribution in [0.25, 0.3) is 0 Å². The lowest BCUT2D eigenvalue weighted by molar-refractivity contribution is 0.254. The molecule has 0 amide bonds. The second-order valence-electron chi connectivity index (χ2n) is 6.75. The molecule has 0 radical (unpaired) electrons. The Hall–Kier alpha value is -0.860. The van der Waals surface area contributed by atoms with Crippen LogP contribution < -0.4 is 5.32 Å². The maximum Gasteiger partial charge on any atom is 0.0212 e. The monoisotopic (exact) mass is 256 g/mol. The van der Waals surface area contributed by atoms with Crippen molar-refractivity contribution in [1.29, 1.82) is 0 Å². The summed E-state index contributed by atoms with van der Waals surface area (Å²) in [6, 6.07) is 12.0. The predicted molar refractivity (Wildman–Crippen MR) is 78.4 cm³/mol. The van der Waals surface area contributed by atoms with Gasteiger partial charge in [-0.3, -0.25) is 4.90 Å². The number of nitrogens with zero attached hydrogens (tertiary/aromatic N) is 1. The predicted octanol–water partition coefficient (Wildman–Crippen LogP) is 2.37. The molecule has 2 atom stereocenters. The third-order valence-corrected chi connectivity index (χ3v) is 5.16. The van der Waals surface area contributed by atoms with Crippen LogP contribution in [0.2, 0.25) is 0 Å². The molecular weight excluding hydrogens is 232 g/mol. The van der Waals surface area contributed by atoms with Gasteiger partial charge in [-0.15, -0.1) is 0 Å². The van der Waals surface area contributed by atoms with E-state index >= 15 is 0 Å². The molecule has 2 heteroatoms. The molecule has 2 unspecified atom stereocenters. The summed E-state index contributed by atoms with van der Waals surface area (Å²) in [5.41, 5.74) is 3.12. The molecule has 19 heavy (non-hydrogen) atoms. The van der Waals surface area contributed by atoms with Gasteiger partial charge in [0.1, 0.15) is 0 Å². The molecule has 2 aliphatic carbocycles. The Labute approximate surface area is 116 Å². The van der Waals surface area contributed by atoms with Crippen molar-refractivity contribution in [1.82, 2.24) is 10.2 Å². The fourth-order valence-corrected chi connectivity index (χ4v) is 4.10. The highest BCUT2D eigenvalue weighted by Crippen LogP contribution is 2.33. The lowest BCUT2D eigenvalue weighted by Gasteiger charge is -2.21. The number of likely N-dealkylation sites (tertiary alicyclic amines) is 1. The molecular formula is C17H24N2. The second kappa shape index (κ2) is 4.60. The van der Waals surface area contributed by atoms with Crippen LogP contribution in [0, 0.1) is 0 Å². The molecule has 0 bridgehead atoms. The minimum atomic E-state index is 0.675. The van der Waals surface area contributed by atoms with Gasteiger partial charge in [0.2, 0.25) is 0 Å². The molecule has 3 aliphatic rings. The van der Waals surface area contributed by atoms with Gasteiger partial charge in [0, 0.05) is 30.7 Å². The Morgan fingerprint density at radius 3 is 2.37 bits per heavy atom. The average molecular weight is 256 g/mol. The van der Waals surface area contributed by atoms with Gasteiger partial charge >= 0.3 is 0 Å². The lowest BCUT2D eigenvalue weighted by atomic mass is 10.1. The molecule has 4 rings (SSSR count). The van der Waals surface area contributed by atoms with E-state index in [4.69, 9.17) is 0 Å². The summed E-state index contributed by atoms with van der Waals surface area (Å²) >= 11 is 0. The average Bonchev–Trinajstić information content (AvgIpc) is 3.06. The number of fused-ring (bicyclic) bond motifs is 1. The Balaban J connectivity index is 1.36. The molecule has 0 spiro atoms. The van der Waals surface area contributed by atoms with Crippen LogP contribution in [0.4, 0.5) is 0 Å². The van der Waals surface area contributed by atoms with Crippen LogP contribution in [0.3, 0.4) is 0 Å².